The number of halogens is 1. The van der Waals surface area contributed by atoms with Crippen LogP contribution in [-0.2, 0) is 9.59 Å². The number of nitrogens with two attached hydrogens (primary N) is 1. The van der Waals surface area contributed by atoms with Crippen LogP contribution in [0.1, 0.15) is 64.9 Å². The van der Waals surface area contributed by atoms with Crippen molar-refractivity contribution < 1.29 is 65.2 Å². The molecule has 324 valence electrons. The van der Waals surface area contributed by atoms with Crippen molar-refractivity contribution in [3.63, 3.8) is 0 Å². The topological polar surface area (TPSA) is 310 Å². The molecule has 8 rings (SSSR count). The SMILES string of the molecule is CCN1CCN(c2cc3c(cc2F)c(=O)c(C(=O)O)cn3C2CC2)CC1.C[C@H]1c2cccc(O)c2C(=O)C2=C(O)[C@]3(O)C(=O)C(C(N)=O)=C(O)[C@@H](N(C)C)[C@@H]3[C@@H](O)[C@@H]21.O.O. The van der Waals surface area contributed by atoms with Gasteiger partial charge in [-0.2, -0.15) is 0 Å². The molecule has 2 heterocycles. The van der Waals surface area contributed by atoms with Crippen LogP contribution in [0.15, 0.2) is 64.0 Å². The van der Waals surface area contributed by atoms with Gasteiger partial charge >= 0.3 is 5.97 Å². The molecular formula is C41H50FN5O13. The highest BCUT2D eigenvalue weighted by Gasteiger charge is 2.67. The van der Waals surface area contributed by atoms with Crippen LogP contribution in [-0.4, -0.2) is 144 Å². The van der Waals surface area contributed by atoms with Gasteiger partial charge in [-0.15, -0.1) is 0 Å². The molecular weight excluding hydrogens is 789 g/mol. The molecule has 4 aliphatic carbocycles. The first-order chi connectivity index (χ1) is 27.4. The number of carboxylic acids is 1. The summed E-state index contributed by atoms with van der Waals surface area (Å²) in [6.45, 7) is 7.99. The lowest BCUT2D eigenvalue weighted by molar-refractivity contribution is -0.162. The number of primary amides is 1. The molecule has 12 N–H and O–H groups in total. The quantitative estimate of drug-likeness (QED) is 0.165. The number of piperazine rings is 1. The first-order valence-corrected chi connectivity index (χ1v) is 19.1. The van der Waals surface area contributed by atoms with Crippen LogP contribution >= 0.6 is 0 Å². The summed E-state index contributed by atoms with van der Waals surface area (Å²) in [7, 11) is 2.98. The van der Waals surface area contributed by atoms with Crippen molar-refractivity contribution in [2.75, 3.05) is 51.7 Å². The van der Waals surface area contributed by atoms with Gasteiger partial charge in [-0.3, -0.25) is 24.1 Å². The molecule has 2 fully saturated rings. The second-order valence-electron chi connectivity index (χ2n) is 15.8. The standard InChI is InChI=1S/C22H24N2O8.C19H22FN3O3.2H2O/c1-7-8-5-4-6-9(25)11(8)16(26)12-10(7)17(27)14-15(24(2)3)18(28)13(21(23)31)20(30)22(14,32)19(12)29;1-2-21-5-7-22(8-6-21)17-10-16-13(9-15(17)20)18(24)14(19(25)26)11-23(16)12-3-4-12;;/h4-7,10,14-15,17,25,27-29,32H,1-3H3,(H2,23,31);9-12H,2-8H2,1H3,(H,25,26);2*1H2/t7-,10+,14+,15-,17-,22-;;;/m0.../s1. The van der Waals surface area contributed by atoms with Crippen molar-refractivity contribution in [1.29, 1.82) is 0 Å². The van der Waals surface area contributed by atoms with Gasteiger partial charge in [0.05, 0.1) is 34.8 Å². The molecule has 0 spiro atoms. The van der Waals surface area contributed by atoms with E-state index in [1.807, 2.05) is 9.47 Å². The number of aromatic hydroxyl groups is 1. The van der Waals surface area contributed by atoms with Crippen LogP contribution in [0.5, 0.6) is 5.75 Å². The third kappa shape index (κ3) is 6.89. The summed E-state index contributed by atoms with van der Waals surface area (Å²) in [5, 5.41) is 64.5. The number of rotatable bonds is 6. The number of likely N-dealkylation sites (N-methyl/N-ethyl adjacent to an activating group) is 2. The summed E-state index contributed by atoms with van der Waals surface area (Å²) >= 11 is 0. The van der Waals surface area contributed by atoms with Crippen molar-refractivity contribution in [2.45, 2.75) is 56.4 Å². The number of carbonyl (C=O) groups is 4. The average molecular weight is 840 g/mol. The highest BCUT2D eigenvalue weighted by molar-refractivity contribution is 6.25. The Morgan fingerprint density at radius 2 is 1.65 bits per heavy atom. The second-order valence-corrected chi connectivity index (χ2v) is 15.8. The van der Waals surface area contributed by atoms with E-state index in [0.29, 0.717) is 16.8 Å². The zero-order valence-corrected chi connectivity index (χ0v) is 33.3. The number of carbonyl (C=O) groups excluding carboxylic acids is 3. The fraction of sp³-hybridized carbons (Fsp3) is 0.439. The molecule has 60 heavy (non-hydrogen) atoms. The lowest BCUT2D eigenvalue weighted by atomic mass is 9.55. The molecule has 0 bridgehead atoms. The molecule has 1 amide bonds. The van der Waals surface area contributed by atoms with E-state index in [9.17, 15) is 59.0 Å². The molecule has 1 saturated carbocycles. The maximum atomic E-state index is 14.8. The van der Waals surface area contributed by atoms with E-state index in [1.54, 1.807) is 25.1 Å². The Bertz CT molecular complexity index is 2400. The number of fused-ring (bicyclic) bond motifs is 4. The number of hydrogen-bond acceptors (Lipinski definition) is 13. The van der Waals surface area contributed by atoms with Crippen LogP contribution in [0.2, 0.25) is 0 Å². The minimum absolute atomic E-state index is 0. The molecule has 0 unspecified atom stereocenters. The molecule has 6 atom stereocenters. The van der Waals surface area contributed by atoms with E-state index in [4.69, 9.17) is 5.73 Å². The van der Waals surface area contributed by atoms with E-state index in [1.165, 1.54) is 37.3 Å². The molecule has 1 aliphatic heterocycles. The Balaban J connectivity index is 0.000000224. The second kappa shape index (κ2) is 16.4. The fourth-order valence-electron chi connectivity index (χ4n) is 9.30. The molecule has 19 heteroatoms. The number of aromatic carboxylic acids is 1. The van der Waals surface area contributed by atoms with Gasteiger partial charge in [0.15, 0.2) is 11.4 Å². The first-order valence-electron chi connectivity index (χ1n) is 19.1. The number of pyridine rings is 1. The number of Topliss-reactive ketones (excluding diaryl/α,β-unsaturated/α-hetero) is 2. The number of hydrogen-bond donors (Lipinski definition) is 7. The van der Waals surface area contributed by atoms with Gasteiger partial charge in [-0.1, -0.05) is 26.0 Å². The summed E-state index contributed by atoms with van der Waals surface area (Å²) < 4.78 is 16.6. The van der Waals surface area contributed by atoms with E-state index < -0.39 is 92.9 Å². The number of ketones is 2. The summed E-state index contributed by atoms with van der Waals surface area (Å²) in [6.07, 6.45) is 1.72. The van der Waals surface area contributed by atoms with Gasteiger partial charge in [-0.05, 0) is 63.2 Å². The summed E-state index contributed by atoms with van der Waals surface area (Å²) in [6, 6.07) is 6.29. The van der Waals surface area contributed by atoms with Gasteiger partial charge in [0, 0.05) is 55.3 Å². The zero-order valence-electron chi connectivity index (χ0n) is 33.3. The Kier molecular flexibility index (Phi) is 12.4. The van der Waals surface area contributed by atoms with Gasteiger partial charge in [-0.25, -0.2) is 9.18 Å². The first kappa shape index (κ1) is 45.4. The number of phenolic OH excluding ortho intramolecular Hbond substituents is 1. The van der Waals surface area contributed by atoms with Crippen molar-refractivity contribution in [1.82, 2.24) is 14.4 Å². The Hall–Kier alpha value is -5.70. The smallest absolute Gasteiger partial charge is 0.341 e. The van der Waals surface area contributed by atoms with Gasteiger partial charge in [0.25, 0.3) is 5.91 Å². The van der Waals surface area contributed by atoms with Crippen LogP contribution in [0.25, 0.3) is 10.9 Å². The minimum Gasteiger partial charge on any atom is -0.510 e. The van der Waals surface area contributed by atoms with Gasteiger partial charge in [0.1, 0.15) is 34.2 Å². The number of anilines is 1. The number of phenols is 1. The largest absolute Gasteiger partial charge is 0.510 e. The van der Waals surface area contributed by atoms with Gasteiger partial charge in [0.2, 0.25) is 11.2 Å². The van der Waals surface area contributed by atoms with Crippen LogP contribution in [0.3, 0.4) is 0 Å². The van der Waals surface area contributed by atoms with E-state index in [2.05, 4.69) is 11.8 Å². The molecule has 1 saturated heterocycles. The van der Waals surface area contributed by atoms with Gasteiger partial charge < -0.3 is 61.7 Å². The predicted molar refractivity (Wildman–Crippen MR) is 215 cm³/mol. The number of aliphatic hydroxyl groups is 4. The lowest BCUT2D eigenvalue weighted by Gasteiger charge is -2.53. The molecule has 5 aliphatic rings. The molecule has 3 aromatic rings. The molecule has 2 aromatic carbocycles. The van der Waals surface area contributed by atoms with Crippen molar-refractivity contribution >= 4 is 40.0 Å². The minimum atomic E-state index is -2.89. The number of aromatic nitrogens is 1. The maximum absolute atomic E-state index is 14.8. The summed E-state index contributed by atoms with van der Waals surface area (Å²) in [4.78, 5) is 68.0. The molecule has 18 nitrogen and oxygen atoms in total. The Labute approximate surface area is 342 Å². The third-order valence-corrected chi connectivity index (χ3v) is 12.4. The third-order valence-electron chi connectivity index (χ3n) is 12.4. The highest BCUT2D eigenvalue weighted by Crippen LogP contribution is 2.55. The maximum Gasteiger partial charge on any atom is 0.341 e. The van der Waals surface area contributed by atoms with E-state index >= 15 is 0 Å². The van der Waals surface area contributed by atoms with Crippen molar-refractivity contribution in [2.24, 2.45) is 17.6 Å². The fourth-order valence-corrected chi connectivity index (χ4v) is 9.30. The summed E-state index contributed by atoms with van der Waals surface area (Å²) in [5.74, 6) is -10.6. The number of carboxylic acid groups (broad SMARTS) is 1. The molecule has 1 aromatic heterocycles. The lowest BCUT2D eigenvalue weighted by Crippen LogP contribution is -2.68. The van der Waals surface area contributed by atoms with Crippen molar-refractivity contribution in [3.05, 3.63) is 91.9 Å². The number of amides is 1. The Morgan fingerprint density at radius 1 is 1.02 bits per heavy atom. The number of benzene rings is 2. The number of nitrogens with zero attached hydrogens (tertiary/aromatic N) is 4. The monoisotopic (exact) mass is 839 g/mol. The predicted octanol–water partition coefficient (Wildman–Crippen LogP) is 0.319. The highest BCUT2D eigenvalue weighted by atomic mass is 19.1. The van der Waals surface area contributed by atoms with Crippen LogP contribution in [0.4, 0.5) is 10.1 Å². The Morgan fingerprint density at radius 3 is 2.20 bits per heavy atom. The number of aliphatic hydroxyl groups excluding tert-OH is 3. The van der Waals surface area contributed by atoms with Crippen molar-refractivity contribution in [3.8, 4) is 5.75 Å². The molecule has 0 radical (unpaired) electrons. The summed E-state index contributed by atoms with van der Waals surface area (Å²) in [5.41, 5.74) is 1.56. The van der Waals surface area contributed by atoms with E-state index in [-0.39, 0.29) is 39.3 Å². The van der Waals surface area contributed by atoms with Crippen LogP contribution < -0.4 is 16.1 Å². The van der Waals surface area contributed by atoms with E-state index in [0.717, 1.165) is 45.6 Å². The van der Waals surface area contributed by atoms with Crippen LogP contribution in [0, 0.1) is 17.7 Å². The zero-order chi connectivity index (χ0) is 42.3. The average Bonchev–Trinajstić information content (AvgIpc) is 4.02. The normalized spacial score (nSPS) is 26.3.